The van der Waals surface area contributed by atoms with E-state index >= 15 is 0 Å². The number of rotatable bonds is 15. The van der Waals surface area contributed by atoms with E-state index in [0.717, 1.165) is 0 Å². The molecule has 18 heteroatoms. The van der Waals surface area contributed by atoms with Gasteiger partial charge in [-0.25, -0.2) is 19.2 Å². The molecule has 0 saturated carbocycles. The van der Waals surface area contributed by atoms with E-state index in [2.05, 4.69) is 21.3 Å². The highest BCUT2D eigenvalue weighted by Crippen LogP contribution is 2.28. The molecule has 2 unspecified atom stereocenters. The molecule has 0 bridgehead atoms. The van der Waals surface area contributed by atoms with Crippen molar-refractivity contribution in [3.05, 3.63) is 0 Å². The average molecular weight is 663 g/mol. The summed E-state index contributed by atoms with van der Waals surface area (Å²) in [7, 11) is 2.99. The van der Waals surface area contributed by atoms with E-state index in [4.69, 9.17) is 18.9 Å². The van der Waals surface area contributed by atoms with Crippen LogP contribution in [0.4, 0.5) is 0 Å². The molecule has 0 aromatic rings. The van der Waals surface area contributed by atoms with Crippen molar-refractivity contribution in [2.75, 3.05) is 50.9 Å². The number of hydrogen-bond donors (Lipinski definition) is 4. The number of amides is 4. The van der Waals surface area contributed by atoms with Gasteiger partial charge in [0, 0.05) is 61.4 Å². The van der Waals surface area contributed by atoms with Gasteiger partial charge < -0.3 is 40.2 Å². The van der Waals surface area contributed by atoms with Gasteiger partial charge in [-0.3, -0.25) is 19.2 Å². The normalized spacial score (nSPS) is 20.8. The summed E-state index contributed by atoms with van der Waals surface area (Å²) in [6.07, 6.45) is -2.46. The molecule has 0 aromatic carbocycles. The molecular weight excluding hydrogens is 624 g/mol. The third kappa shape index (κ3) is 11.9. The lowest BCUT2D eigenvalue weighted by molar-refractivity contribution is -0.168. The topological polar surface area (TPSA) is 222 Å². The number of hydrogen-bond acceptors (Lipinski definition) is 14. The SMILES string of the molecule is CC1(C)COC(=O)C(=O)OC1C(=O)NCCC(=O)NCCSSCCNC(=O)CCNC(=O)C1OC(=O)C(=O)OCC1(C)C. The van der Waals surface area contributed by atoms with Crippen LogP contribution < -0.4 is 21.3 Å². The Labute approximate surface area is 261 Å². The number of esters is 4. The molecular formula is C26H38N4O12S2. The van der Waals surface area contributed by atoms with Gasteiger partial charge >= 0.3 is 23.9 Å². The van der Waals surface area contributed by atoms with Crippen LogP contribution in [0.2, 0.25) is 0 Å². The molecule has 2 aliphatic heterocycles. The van der Waals surface area contributed by atoms with Crippen molar-refractivity contribution < 1.29 is 57.3 Å². The van der Waals surface area contributed by atoms with Crippen LogP contribution in [0.15, 0.2) is 0 Å². The summed E-state index contributed by atoms with van der Waals surface area (Å²) in [6.45, 7) is 6.93. The molecule has 2 heterocycles. The largest absolute Gasteiger partial charge is 0.457 e. The molecule has 2 saturated heterocycles. The number of carbonyl (C=O) groups is 8. The van der Waals surface area contributed by atoms with Crippen molar-refractivity contribution in [2.24, 2.45) is 10.8 Å². The van der Waals surface area contributed by atoms with Crippen LogP contribution in [-0.2, 0) is 57.3 Å². The molecule has 0 radical (unpaired) electrons. The molecule has 4 N–H and O–H groups in total. The Morgan fingerprint density at radius 1 is 0.614 bits per heavy atom. The molecule has 2 aliphatic rings. The summed E-state index contributed by atoms with van der Waals surface area (Å²) in [4.78, 5) is 95.0. The first-order chi connectivity index (χ1) is 20.6. The molecule has 44 heavy (non-hydrogen) atoms. The Hall–Kier alpha value is -3.54. The van der Waals surface area contributed by atoms with Gasteiger partial charge in [-0.05, 0) is 0 Å². The second-order valence-electron chi connectivity index (χ2n) is 11.1. The van der Waals surface area contributed by atoms with E-state index in [1.165, 1.54) is 21.6 Å². The van der Waals surface area contributed by atoms with E-state index in [1.807, 2.05) is 0 Å². The highest BCUT2D eigenvalue weighted by molar-refractivity contribution is 8.76. The summed E-state index contributed by atoms with van der Waals surface area (Å²) in [6, 6.07) is 0. The standard InChI is InChI=1S/C26H38N4O12S2/c1-25(2)13-39-21(35)23(37)41-17(25)19(33)29-7-5-15(31)27-9-11-43-44-12-10-28-16(32)6-8-30-20(34)18-26(3,4)14-40-22(36)24(38)42-18/h17-18H,5-14H2,1-4H3,(H,27,31)(H,28,32)(H,29,33)(H,30,34). The fraction of sp³-hybridized carbons (Fsp3) is 0.692. The Morgan fingerprint density at radius 3 is 1.34 bits per heavy atom. The summed E-state index contributed by atoms with van der Waals surface area (Å²) in [5, 5.41) is 10.5. The lowest BCUT2D eigenvalue weighted by Crippen LogP contribution is -2.47. The highest BCUT2D eigenvalue weighted by Gasteiger charge is 2.45. The van der Waals surface area contributed by atoms with Gasteiger partial charge in [-0.1, -0.05) is 49.3 Å². The predicted molar refractivity (Wildman–Crippen MR) is 155 cm³/mol. The average Bonchev–Trinajstić information content (AvgIpc) is 3.13. The molecule has 0 aromatic heterocycles. The van der Waals surface area contributed by atoms with Crippen molar-refractivity contribution >= 4 is 69.1 Å². The van der Waals surface area contributed by atoms with Crippen LogP contribution in [-0.4, -0.2) is 111 Å². The smallest absolute Gasteiger partial charge is 0.418 e. The monoisotopic (exact) mass is 662 g/mol. The number of nitrogens with one attached hydrogen (secondary N) is 4. The second kappa shape index (κ2) is 17.1. The first kappa shape index (κ1) is 36.7. The summed E-state index contributed by atoms with van der Waals surface area (Å²) in [5.41, 5.74) is -1.87. The maximum Gasteiger partial charge on any atom is 0.418 e. The minimum absolute atomic E-state index is 0.00418. The Bertz CT molecular complexity index is 1040. The first-order valence-corrected chi connectivity index (χ1v) is 16.2. The van der Waals surface area contributed by atoms with Crippen LogP contribution in [0.25, 0.3) is 0 Å². The van der Waals surface area contributed by atoms with E-state index < -0.39 is 58.7 Å². The predicted octanol–water partition coefficient (Wildman–Crippen LogP) is -1.40. The zero-order chi connectivity index (χ0) is 32.9. The zero-order valence-corrected chi connectivity index (χ0v) is 26.6. The maximum absolute atomic E-state index is 12.5. The van der Waals surface area contributed by atoms with Gasteiger partial charge in [-0.2, -0.15) is 0 Å². The molecule has 4 amide bonds. The van der Waals surface area contributed by atoms with E-state index in [1.54, 1.807) is 27.7 Å². The van der Waals surface area contributed by atoms with Crippen LogP contribution in [0.5, 0.6) is 0 Å². The van der Waals surface area contributed by atoms with E-state index in [-0.39, 0.29) is 51.0 Å². The lowest BCUT2D eigenvalue weighted by atomic mass is 9.87. The van der Waals surface area contributed by atoms with Crippen molar-refractivity contribution in [3.8, 4) is 0 Å². The van der Waals surface area contributed by atoms with Gasteiger partial charge in [0.2, 0.25) is 11.8 Å². The molecule has 2 atom stereocenters. The molecule has 2 rings (SSSR count). The Balaban J connectivity index is 1.50. The molecule has 2 fully saturated rings. The van der Waals surface area contributed by atoms with Crippen molar-refractivity contribution in [1.29, 1.82) is 0 Å². The van der Waals surface area contributed by atoms with Crippen LogP contribution >= 0.6 is 21.6 Å². The second-order valence-corrected chi connectivity index (χ2v) is 13.8. The fourth-order valence-electron chi connectivity index (χ4n) is 3.76. The van der Waals surface area contributed by atoms with E-state index in [0.29, 0.717) is 24.6 Å². The number of cyclic esters (lactones) is 4. The minimum Gasteiger partial charge on any atom is -0.457 e. The highest BCUT2D eigenvalue weighted by atomic mass is 33.1. The van der Waals surface area contributed by atoms with Crippen LogP contribution in [0, 0.1) is 10.8 Å². The summed E-state index contributed by atoms with van der Waals surface area (Å²) < 4.78 is 19.5. The van der Waals surface area contributed by atoms with Crippen molar-refractivity contribution in [2.45, 2.75) is 52.7 Å². The fourth-order valence-corrected chi connectivity index (χ4v) is 5.57. The van der Waals surface area contributed by atoms with Crippen LogP contribution in [0.1, 0.15) is 40.5 Å². The van der Waals surface area contributed by atoms with Gasteiger partial charge in [0.25, 0.3) is 11.8 Å². The summed E-state index contributed by atoms with van der Waals surface area (Å²) in [5.74, 6) is -5.42. The third-order valence-electron chi connectivity index (χ3n) is 6.23. The van der Waals surface area contributed by atoms with Gasteiger partial charge in [0.05, 0.1) is 0 Å². The third-order valence-corrected chi connectivity index (χ3v) is 8.64. The summed E-state index contributed by atoms with van der Waals surface area (Å²) >= 11 is 0. The number of ether oxygens (including phenoxy) is 4. The molecule has 0 spiro atoms. The minimum atomic E-state index is -1.24. The Kier molecular flexibility index (Phi) is 14.2. The van der Waals surface area contributed by atoms with Gasteiger partial charge in [-0.15, -0.1) is 0 Å². The Morgan fingerprint density at radius 2 is 0.977 bits per heavy atom. The number of carbonyl (C=O) groups excluding carboxylic acids is 8. The lowest BCUT2D eigenvalue weighted by Gasteiger charge is -2.28. The van der Waals surface area contributed by atoms with Gasteiger partial charge in [0.15, 0.2) is 12.2 Å². The van der Waals surface area contributed by atoms with Crippen molar-refractivity contribution in [3.63, 3.8) is 0 Å². The van der Waals surface area contributed by atoms with Crippen LogP contribution in [0.3, 0.4) is 0 Å². The maximum atomic E-state index is 12.5. The van der Waals surface area contributed by atoms with E-state index in [9.17, 15) is 38.4 Å². The molecule has 16 nitrogen and oxygen atoms in total. The zero-order valence-electron chi connectivity index (χ0n) is 24.9. The van der Waals surface area contributed by atoms with Gasteiger partial charge in [0.1, 0.15) is 13.2 Å². The first-order valence-electron chi connectivity index (χ1n) is 13.7. The quantitative estimate of drug-likeness (QED) is 0.0521. The molecule has 246 valence electrons. The van der Waals surface area contributed by atoms with Crippen molar-refractivity contribution in [1.82, 2.24) is 21.3 Å². The molecule has 0 aliphatic carbocycles.